The highest BCUT2D eigenvalue weighted by molar-refractivity contribution is 5.64. The van der Waals surface area contributed by atoms with Crippen LogP contribution in [0.2, 0.25) is 0 Å². The molecule has 0 spiro atoms. The van der Waals surface area contributed by atoms with E-state index < -0.39 is 0 Å². The Bertz CT molecular complexity index is 792. The van der Waals surface area contributed by atoms with Crippen LogP contribution in [-0.4, -0.2) is 6.61 Å². The van der Waals surface area contributed by atoms with Gasteiger partial charge < -0.3 is 4.74 Å². The van der Waals surface area contributed by atoms with Crippen molar-refractivity contribution in [1.29, 1.82) is 5.26 Å². The van der Waals surface area contributed by atoms with E-state index in [1.807, 2.05) is 0 Å². The topological polar surface area (TPSA) is 33.0 Å². The van der Waals surface area contributed by atoms with Crippen molar-refractivity contribution in [1.82, 2.24) is 0 Å². The molecule has 0 amide bonds. The van der Waals surface area contributed by atoms with E-state index in [1.54, 1.807) is 0 Å². The first-order valence-electron chi connectivity index (χ1n) is 11.9. The highest BCUT2D eigenvalue weighted by atomic mass is 16.5. The van der Waals surface area contributed by atoms with E-state index in [-0.39, 0.29) is 5.41 Å². The average molecular weight is 404 g/mol. The molecule has 160 valence electrons. The third-order valence-corrected chi connectivity index (χ3v) is 6.78. The SMILES string of the molecule is CCCCCOc1ccc(-c2ccc(C3CCC(C#N)(CCCC)CC3)cc2)cc1. The first-order chi connectivity index (χ1) is 14.7. The lowest BCUT2D eigenvalue weighted by Crippen LogP contribution is -2.25. The van der Waals surface area contributed by atoms with Crippen LogP contribution in [-0.2, 0) is 0 Å². The van der Waals surface area contributed by atoms with Gasteiger partial charge in [0, 0.05) is 0 Å². The lowest BCUT2D eigenvalue weighted by atomic mass is 9.67. The van der Waals surface area contributed by atoms with Crippen LogP contribution < -0.4 is 4.74 Å². The Morgan fingerprint density at radius 3 is 2.03 bits per heavy atom. The number of nitrogens with zero attached hydrogens (tertiary/aromatic N) is 1. The maximum atomic E-state index is 9.72. The molecule has 2 nitrogen and oxygen atoms in total. The van der Waals surface area contributed by atoms with Gasteiger partial charge in [-0.1, -0.05) is 75.9 Å². The van der Waals surface area contributed by atoms with Gasteiger partial charge in [0.25, 0.3) is 0 Å². The van der Waals surface area contributed by atoms with Gasteiger partial charge in [-0.2, -0.15) is 5.26 Å². The lowest BCUT2D eigenvalue weighted by Gasteiger charge is -2.35. The zero-order valence-corrected chi connectivity index (χ0v) is 18.8. The molecule has 0 atom stereocenters. The fourth-order valence-electron chi connectivity index (χ4n) is 4.67. The molecule has 1 aliphatic carbocycles. The summed E-state index contributed by atoms with van der Waals surface area (Å²) < 4.78 is 5.82. The summed E-state index contributed by atoms with van der Waals surface area (Å²) in [4.78, 5) is 0. The van der Waals surface area contributed by atoms with Crippen LogP contribution in [0.4, 0.5) is 0 Å². The van der Waals surface area contributed by atoms with E-state index in [1.165, 1.54) is 42.4 Å². The van der Waals surface area contributed by atoms with Crippen LogP contribution in [0.25, 0.3) is 11.1 Å². The molecule has 0 aliphatic heterocycles. The smallest absolute Gasteiger partial charge is 0.119 e. The summed E-state index contributed by atoms with van der Waals surface area (Å²) in [5, 5.41) is 9.72. The molecule has 0 saturated heterocycles. The van der Waals surface area contributed by atoms with Crippen LogP contribution in [0.5, 0.6) is 5.75 Å². The molecule has 1 aliphatic rings. The van der Waals surface area contributed by atoms with E-state index in [0.29, 0.717) is 5.92 Å². The molecule has 0 aromatic heterocycles. The molecular formula is C28H37NO. The fourth-order valence-corrected chi connectivity index (χ4v) is 4.67. The van der Waals surface area contributed by atoms with Crippen molar-refractivity contribution in [2.45, 2.75) is 84.0 Å². The lowest BCUT2D eigenvalue weighted by molar-refractivity contribution is 0.224. The molecule has 0 bridgehead atoms. The molecular weight excluding hydrogens is 366 g/mol. The second kappa shape index (κ2) is 11.2. The number of ether oxygens (including phenoxy) is 1. The predicted molar refractivity (Wildman–Crippen MR) is 126 cm³/mol. The van der Waals surface area contributed by atoms with Crippen molar-refractivity contribution < 1.29 is 4.74 Å². The Kier molecular flexibility index (Phi) is 8.38. The maximum absolute atomic E-state index is 9.72. The Balaban J connectivity index is 1.56. The largest absolute Gasteiger partial charge is 0.494 e. The molecule has 2 aromatic carbocycles. The first kappa shape index (κ1) is 22.4. The van der Waals surface area contributed by atoms with Gasteiger partial charge in [0.15, 0.2) is 0 Å². The third-order valence-electron chi connectivity index (χ3n) is 6.78. The minimum Gasteiger partial charge on any atom is -0.494 e. The monoisotopic (exact) mass is 403 g/mol. The van der Waals surface area contributed by atoms with Crippen molar-refractivity contribution in [2.24, 2.45) is 5.41 Å². The first-order valence-corrected chi connectivity index (χ1v) is 11.9. The van der Waals surface area contributed by atoms with E-state index in [4.69, 9.17) is 4.74 Å². The zero-order valence-electron chi connectivity index (χ0n) is 18.8. The van der Waals surface area contributed by atoms with Gasteiger partial charge in [-0.25, -0.2) is 0 Å². The van der Waals surface area contributed by atoms with Crippen LogP contribution in [0, 0.1) is 16.7 Å². The van der Waals surface area contributed by atoms with Gasteiger partial charge in [-0.15, -0.1) is 0 Å². The number of hydrogen-bond acceptors (Lipinski definition) is 2. The minimum absolute atomic E-state index is 0.0627. The minimum atomic E-state index is -0.0627. The molecule has 2 heteroatoms. The molecule has 3 rings (SSSR count). The van der Waals surface area contributed by atoms with Gasteiger partial charge in [0.05, 0.1) is 18.1 Å². The quantitative estimate of drug-likeness (QED) is 0.374. The summed E-state index contributed by atoms with van der Waals surface area (Å²) in [5.74, 6) is 1.55. The Hall–Kier alpha value is -2.27. The molecule has 0 radical (unpaired) electrons. The summed E-state index contributed by atoms with van der Waals surface area (Å²) >= 11 is 0. The molecule has 0 N–H and O–H groups in total. The maximum Gasteiger partial charge on any atom is 0.119 e. The number of nitriles is 1. The summed E-state index contributed by atoms with van der Waals surface area (Å²) in [6.45, 7) is 5.22. The summed E-state index contributed by atoms with van der Waals surface area (Å²) in [6, 6.07) is 20.2. The third kappa shape index (κ3) is 5.88. The van der Waals surface area contributed by atoms with E-state index in [2.05, 4.69) is 68.4 Å². The van der Waals surface area contributed by atoms with Crippen molar-refractivity contribution >= 4 is 0 Å². The molecule has 2 aromatic rings. The van der Waals surface area contributed by atoms with Gasteiger partial charge >= 0.3 is 0 Å². The highest BCUT2D eigenvalue weighted by Crippen LogP contribution is 2.45. The van der Waals surface area contributed by atoms with Crippen molar-refractivity contribution in [3.8, 4) is 22.9 Å². The van der Waals surface area contributed by atoms with Crippen LogP contribution in [0.3, 0.4) is 0 Å². The van der Waals surface area contributed by atoms with Crippen molar-refractivity contribution in [3.63, 3.8) is 0 Å². The van der Waals surface area contributed by atoms with E-state index >= 15 is 0 Å². The fraction of sp³-hybridized carbons (Fsp3) is 0.536. The normalized spacial score (nSPS) is 21.2. The van der Waals surface area contributed by atoms with Gasteiger partial charge in [0.2, 0.25) is 0 Å². The van der Waals surface area contributed by atoms with Crippen molar-refractivity contribution in [3.05, 3.63) is 54.1 Å². The molecule has 0 heterocycles. The number of rotatable bonds is 10. The molecule has 0 unspecified atom stereocenters. The second-order valence-electron chi connectivity index (χ2n) is 8.97. The van der Waals surface area contributed by atoms with E-state index in [9.17, 15) is 5.26 Å². The average Bonchev–Trinajstić information content (AvgIpc) is 2.81. The highest BCUT2D eigenvalue weighted by Gasteiger charge is 2.35. The van der Waals surface area contributed by atoms with Crippen LogP contribution in [0.15, 0.2) is 48.5 Å². The number of hydrogen-bond donors (Lipinski definition) is 0. The van der Waals surface area contributed by atoms with Gasteiger partial charge in [-0.3, -0.25) is 0 Å². The van der Waals surface area contributed by atoms with Crippen molar-refractivity contribution in [2.75, 3.05) is 6.61 Å². The number of benzene rings is 2. The summed E-state index contributed by atoms with van der Waals surface area (Å²) in [7, 11) is 0. The second-order valence-corrected chi connectivity index (χ2v) is 8.97. The summed E-state index contributed by atoms with van der Waals surface area (Å²) in [5.41, 5.74) is 3.85. The van der Waals surface area contributed by atoms with Crippen LogP contribution in [0.1, 0.15) is 89.5 Å². The predicted octanol–water partition coefficient (Wildman–Crippen LogP) is 8.28. The van der Waals surface area contributed by atoms with Gasteiger partial charge in [-0.05, 0) is 73.3 Å². The van der Waals surface area contributed by atoms with Crippen LogP contribution >= 0.6 is 0 Å². The zero-order chi connectivity index (χ0) is 21.2. The Labute approximate surface area is 183 Å². The molecule has 30 heavy (non-hydrogen) atoms. The molecule has 1 saturated carbocycles. The number of unbranched alkanes of at least 4 members (excludes halogenated alkanes) is 3. The van der Waals surface area contributed by atoms with Gasteiger partial charge in [0.1, 0.15) is 5.75 Å². The summed E-state index contributed by atoms with van der Waals surface area (Å²) in [6.07, 6.45) is 11.4. The molecule has 1 fully saturated rings. The Morgan fingerprint density at radius 1 is 0.867 bits per heavy atom. The Morgan fingerprint density at radius 2 is 1.47 bits per heavy atom. The van der Waals surface area contributed by atoms with E-state index in [0.717, 1.165) is 50.9 Å². The standard InChI is InChI=1S/C28H37NO/c1-3-5-7-21-30-27-14-12-25(13-15-27)23-8-10-24(11-9-23)26-16-19-28(22-29,20-17-26)18-6-4-2/h8-15,26H,3-7,16-21H2,1-2H3.